The van der Waals surface area contributed by atoms with Crippen LogP contribution in [0.3, 0.4) is 0 Å². The summed E-state index contributed by atoms with van der Waals surface area (Å²) in [7, 11) is 1.72. The summed E-state index contributed by atoms with van der Waals surface area (Å²) in [6.45, 7) is 6.42. The van der Waals surface area contributed by atoms with Crippen molar-refractivity contribution in [3.8, 4) is 5.75 Å². The van der Waals surface area contributed by atoms with E-state index in [9.17, 15) is 4.79 Å². The molecule has 0 spiro atoms. The van der Waals surface area contributed by atoms with Crippen molar-refractivity contribution >= 4 is 5.91 Å². The largest absolute Gasteiger partial charge is 0.496 e. The highest BCUT2D eigenvalue weighted by Gasteiger charge is 2.26. The summed E-state index contributed by atoms with van der Waals surface area (Å²) < 4.78 is 5.53. The van der Waals surface area contributed by atoms with E-state index in [-0.39, 0.29) is 0 Å². The topological polar surface area (TPSA) is 45.7 Å². The molecule has 1 aromatic heterocycles. The lowest BCUT2D eigenvalue weighted by molar-refractivity contribution is -0.131. The highest BCUT2D eigenvalue weighted by Crippen LogP contribution is 2.28. The minimum absolute atomic E-state index is 0.294. The number of benzene rings is 1. The van der Waals surface area contributed by atoms with E-state index in [1.54, 1.807) is 7.11 Å². The Balaban J connectivity index is 1.45. The SMILES string of the molecule is COc1ccccc1Cc1cc(C)nc(C2CCCN(CC(=O)N3CCCC3)C2)c1. The van der Waals surface area contributed by atoms with E-state index in [2.05, 4.69) is 36.1 Å². The lowest BCUT2D eigenvalue weighted by atomic mass is 9.92. The van der Waals surface area contributed by atoms with Gasteiger partial charge in [-0.25, -0.2) is 0 Å². The number of hydrogen-bond donors (Lipinski definition) is 0. The summed E-state index contributed by atoms with van der Waals surface area (Å²) in [5.74, 6) is 1.61. The second-order valence-electron chi connectivity index (χ2n) is 8.69. The van der Waals surface area contributed by atoms with Gasteiger partial charge in [0.25, 0.3) is 0 Å². The Morgan fingerprint density at radius 2 is 1.93 bits per heavy atom. The number of carbonyl (C=O) groups is 1. The highest BCUT2D eigenvalue weighted by molar-refractivity contribution is 5.78. The van der Waals surface area contributed by atoms with Gasteiger partial charge in [0, 0.05) is 43.4 Å². The number of para-hydroxylation sites is 1. The van der Waals surface area contributed by atoms with Crippen molar-refractivity contribution in [1.82, 2.24) is 14.8 Å². The predicted molar refractivity (Wildman–Crippen MR) is 119 cm³/mol. The summed E-state index contributed by atoms with van der Waals surface area (Å²) in [4.78, 5) is 21.8. The number of rotatable bonds is 6. The number of likely N-dealkylation sites (tertiary alicyclic amines) is 2. The molecular weight excluding hydrogens is 374 g/mol. The van der Waals surface area contributed by atoms with E-state index in [0.717, 1.165) is 69.7 Å². The third-order valence-corrected chi connectivity index (χ3v) is 6.36. The summed E-state index contributed by atoms with van der Waals surface area (Å²) in [6, 6.07) is 12.6. The second-order valence-corrected chi connectivity index (χ2v) is 8.69. The maximum Gasteiger partial charge on any atom is 0.236 e. The third-order valence-electron chi connectivity index (χ3n) is 6.36. The molecule has 2 fully saturated rings. The van der Waals surface area contributed by atoms with Gasteiger partial charge < -0.3 is 9.64 Å². The molecule has 5 heteroatoms. The number of methoxy groups -OCH3 is 1. The number of piperidine rings is 1. The Bertz CT molecular complexity index is 876. The molecule has 1 amide bonds. The first kappa shape index (κ1) is 20.9. The quantitative estimate of drug-likeness (QED) is 0.731. The fourth-order valence-electron chi connectivity index (χ4n) is 4.85. The predicted octanol–water partition coefficient (Wildman–Crippen LogP) is 3.79. The molecule has 3 heterocycles. The third kappa shape index (κ3) is 5.01. The van der Waals surface area contributed by atoms with Gasteiger partial charge in [-0.2, -0.15) is 0 Å². The van der Waals surface area contributed by atoms with E-state index in [0.29, 0.717) is 18.4 Å². The van der Waals surface area contributed by atoms with Crippen LogP contribution >= 0.6 is 0 Å². The van der Waals surface area contributed by atoms with Crippen LogP contribution in [-0.2, 0) is 11.2 Å². The lowest BCUT2D eigenvalue weighted by Gasteiger charge is -2.33. The molecule has 0 saturated carbocycles. The fourth-order valence-corrected chi connectivity index (χ4v) is 4.85. The molecule has 0 N–H and O–H groups in total. The minimum Gasteiger partial charge on any atom is -0.496 e. The summed E-state index contributed by atoms with van der Waals surface area (Å²) in [5, 5.41) is 0. The normalized spacial score (nSPS) is 19.8. The monoisotopic (exact) mass is 407 g/mol. The van der Waals surface area contributed by atoms with E-state index in [1.165, 1.54) is 16.8 Å². The van der Waals surface area contributed by atoms with Crippen LogP contribution in [0.15, 0.2) is 36.4 Å². The Labute approximate surface area is 180 Å². The van der Waals surface area contributed by atoms with Crippen molar-refractivity contribution in [1.29, 1.82) is 0 Å². The Morgan fingerprint density at radius 1 is 1.13 bits per heavy atom. The maximum absolute atomic E-state index is 12.6. The Morgan fingerprint density at radius 3 is 2.73 bits per heavy atom. The van der Waals surface area contributed by atoms with Crippen molar-refractivity contribution in [2.24, 2.45) is 0 Å². The van der Waals surface area contributed by atoms with Gasteiger partial charge in [0.05, 0.1) is 13.7 Å². The fraction of sp³-hybridized carbons (Fsp3) is 0.520. The molecule has 5 nitrogen and oxygen atoms in total. The number of amides is 1. The van der Waals surface area contributed by atoms with Crippen molar-refractivity contribution in [2.45, 2.75) is 44.9 Å². The standard InChI is InChI=1S/C25H33N3O2/c1-19-14-20(15-21-8-3-4-10-24(21)30-2)16-23(26-19)22-9-7-11-27(17-22)18-25(29)28-12-5-6-13-28/h3-4,8,10,14,16,22H,5-7,9,11-13,15,17-18H2,1-2H3. The number of carbonyl (C=O) groups excluding carboxylic acids is 1. The van der Waals surface area contributed by atoms with Crippen molar-refractivity contribution in [2.75, 3.05) is 39.8 Å². The van der Waals surface area contributed by atoms with Crippen molar-refractivity contribution < 1.29 is 9.53 Å². The van der Waals surface area contributed by atoms with Crippen LogP contribution in [0.4, 0.5) is 0 Å². The summed E-state index contributed by atoms with van der Waals surface area (Å²) in [5.41, 5.74) is 4.69. The molecule has 2 aromatic rings. The summed E-state index contributed by atoms with van der Waals surface area (Å²) in [6.07, 6.45) is 5.39. The van der Waals surface area contributed by atoms with E-state index < -0.39 is 0 Å². The molecule has 0 bridgehead atoms. The van der Waals surface area contributed by atoms with Gasteiger partial charge in [0.1, 0.15) is 5.75 Å². The smallest absolute Gasteiger partial charge is 0.236 e. The molecule has 1 atom stereocenters. The Kier molecular flexibility index (Phi) is 6.68. The van der Waals surface area contributed by atoms with Gasteiger partial charge in [0.15, 0.2) is 0 Å². The molecule has 2 aliphatic heterocycles. The van der Waals surface area contributed by atoms with Crippen LogP contribution in [0.2, 0.25) is 0 Å². The lowest BCUT2D eigenvalue weighted by Crippen LogP contribution is -2.43. The average Bonchev–Trinajstić information content (AvgIpc) is 3.29. The molecule has 2 saturated heterocycles. The molecule has 0 radical (unpaired) electrons. The van der Waals surface area contributed by atoms with Gasteiger partial charge in [-0.05, 0) is 68.5 Å². The molecule has 1 aromatic carbocycles. The molecule has 0 aliphatic carbocycles. The molecule has 160 valence electrons. The van der Waals surface area contributed by atoms with Crippen LogP contribution < -0.4 is 4.74 Å². The molecular formula is C25H33N3O2. The average molecular weight is 408 g/mol. The minimum atomic E-state index is 0.294. The van der Waals surface area contributed by atoms with Gasteiger partial charge in [-0.3, -0.25) is 14.7 Å². The van der Waals surface area contributed by atoms with Gasteiger partial charge >= 0.3 is 0 Å². The zero-order chi connectivity index (χ0) is 20.9. The number of pyridine rings is 1. The molecule has 2 aliphatic rings. The van der Waals surface area contributed by atoms with E-state index in [1.807, 2.05) is 17.0 Å². The van der Waals surface area contributed by atoms with Crippen LogP contribution in [0, 0.1) is 6.92 Å². The first-order valence-corrected chi connectivity index (χ1v) is 11.2. The van der Waals surface area contributed by atoms with Gasteiger partial charge in [-0.15, -0.1) is 0 Å². The number of nitrogens with zero attached hydrogens (tertiary/aromatic N) is 3. The first-order valence-electron chi connectivity index (χ1n) is 11.2. The first-order chi connectivity index (χ1) is 14.6. The van der Waals surface area contributed by atoms with Crippen molar-refractivity contribution in [3.63, 3.8) is 0 Å². The van der Waals surface area contributed by atoms with Crippen LogP contribution in [0.25, 0.3) is 0 Å². The van der Waals surface area contributed by atoms with Gasteiger partial charge in [0.2, 0.25) is 5.91 Å². The van der Waals surface area contributed by atoms with Gasteiger partial charge in [-0.1, -0.05) is 18.2 Å². The Hall–Kier alpha value is -2.40. The van der Waals surface area contributed by atoms with Crippen LogP contribution in [0.5, 0.6) is 5.75 Å². The summed E-state index contributed by atoms with van der Waals surface area (Å²) >= 11 is 0. The zero-order valence-electron chi connectivity index (χ0n) is 18.3. The van der Waals surface area contributed by atoms with Crippen LogP contribution in [-0.4, -0.2) is 60.5 Å². The number of hydrogen-bond acceptors (Lipinski definition) is 4. The van der Waals surface area contributed by atoms with Crippen molar-refractivity contribution in [3.05, 3.63) is 58.9 Å². The number of ether oxygens (including phenoxy) is 1. The number of aryl methyl sites for hydroxylation is 1. The maximum atomic E-state index is 12.6. The highest BCUT2D eigenvalue weighted by atomic mass is 16.5. The van der Waals surface area contributed by atoms with Crippen LogP contribution in [0.1, 0.15) is 54.1 Å². The van der Waals surface area contributed by atoms with E-state index in [4.69, 9.17) is 9.72 Å². The zero-order valence-corrected chi connectivity index (χ0v) is 18.3. The number of aromatic nitrogens is 1. The second kappa shape index (κ2) is 9.61. The molecule has 4 rings (SSSR count). The molecule has 30 heavy (non-hydrogen) atoms. The molecule has 1 unspecified atom stereocenters. The van der Waals surface area contributed by atoms with E-state index >= 15 is 0 Å².